The van der Waals surface area contributed by atoms with Crippen molar-refractivity contribution < 1.29 is 9.63 Å². The van der Waals surface area contributed by atoms with Gasteiger partial charge in [-0.15, -0.1) is 0 Å². The number of pyridine rings is 1. The van der Waals surface area contributed by atoms with Crippen molar-refractivity contribution in [2.45, 2.75) is 19.4 Å². The number of rotatable bonds is 3. The first-order valence-electron chi connectivity index (χ1n) is 4.67. The molecule has 15 heavy (non-hydrogen) atoms. The van der Waals surface area contributed by atoms with E-state index in [1.165, 1.54) is 0 Å². The second-order valence-corrected chi connectivity index (χ2v) is 3.31. The van der Waals surface area contributed by atoms with Gasteiger partial charge in [-0.05, 0) is 19.1 Å². The van der Waals surface area contributed by atoms with E-state index in [1.807, 2.05) is 6.07 Å². The lowest BCUT2D eigenvalue weighted by atomic mass is 10.2. The molecule has 5 heteroatoms. The van der Waals surface area contributed by atoms with Crippen molar-refractivity contribution in [3.05, 3.63) is 30.4 Å². The zero-order valence-corrected chi connectivity index (χ0v) is 8.29. The molecule has 0 radical (unpaired) electrons. The number of hydrogen-bond acceptors (Lipinski definition) is 5. The van der Waals surface area contributed by atoms with E-state index in [0.29, 0.717) is 18.1 Å². The number of aliphatic hydroxyl groups is 1. The lowest BCUT2D eigenvalue weighted by Gasteiger charge is -1.95. The fourth-order valence-corrected chi connectivity index (χ4v) is 1.21. The summed E-state index contributed by atoms with van der Waals surface area (Å²) in [5.74, 6) is 0.933. The van der Waals surface area contributed by atoms with Crippen LogP contribution in [0, 0.1) is 0 Å². The van der Waals surface area contributed by atoms with E-state index >= 15 is 0 Å². The molecule has 0 saturated carbocycles. The highest BCUT2D eigenvalue weighted by Crippen LogP contribution is 2.15. The van der Waals surface area contributed by atoms with E-state index < -0.39 is 6.10 Å². The molecular weight excluding hydrogens is 194 g/mol. The Labute approximate surface area is 86.8 Å². The second-order valence-electron chi connectivity index (χ2n) is 3.31. The lowest BCUT2D eigenvalue weighted by Crippen LogP contribution is -2.05. The van der Waals surface area contributed by atoms with Gasteiger partial charge in [-0.25, -0.2) is 0 Å². The molecule has 2 aromatic heterocycles. The predicted molar refractivity (Wildman–Crippen MR) is 52.9 cm³/mol. The molecule has 1 N–H and O–H groups in total. The van der Waals surface area contributed by atoms with Crippen LogP contribution in [-0.4, -0.2) is 26.3 Å². The number of nitrogens with zero attached hydrogens (tertiary/aromatic N) is 3. The Bertz CT molecular complexity index is 425. The third kappa shape index (κ3) is 2.38. The lowest BCUT2D eigenvalue weighted by molar-refractivity contribution is 0.191. The first-order chi connectivity index (χ1) is 7.25. The first kappa shape index (κ1) is 9.79. The predicted octanol–water partition coefficient (Wildman–Crippen LogP) is 1.05. The molecule has 0 spiro atoms. The van der Waals surface area contributed by atoms with Gasteiger partial charge >= 0.3 is 0 Å². The van der Waals surface area contributed by atoms with Gasteiger partial charge in [0, 0.05) is 18.8 Å². The zero-order chi connectivity index (χ0) is 10.7. The van der Waals surface area contributed by atoms with Gasteiger partial charge in [0.05, 0.1) is 11.7 Å². The Morgan fingerprint density at radius 3 is 3.07 bits per heavy atom. The summed E-state index contributed by atoms with van der Waals surface area (Å²) in [5, 5.41) is 12.9. The Kier molecular flexibility index (Phi) is 2.73. The van der Waals surface area contributed by atoms with Crippen LogP contribution in [0.1, 0.15) is 12.7 Å². The minimum absolute atomic E-state index is 0.393. The second kappa shape index (κ2) is 4.18. The summed E-state index contributed by atoms with van der Waals surface area (Å²) in [4.78, 5) is 8.10. The van der Waals surface area contributed by atoms with Gasteiger partial charge in [0.25, 0.3) is 5.89 Å². The van der Waals surface area contributed by atoms with Gasteiger partial charge in [-0.1, -0.05) is 5.16 Å². The Morgan fingerprint density at radius 1 is 1.53 bits per heavy atom. The summed E-state index contributed by atoms with van der Waals surface area (Å²) < 4.78 is 5.04. The van der Waals surface area contributed by atoms with Crippen LogP contribution in [0.4, 0.5) is 0 Å². The van der Waals surface area contributed by atoms with Crippen molar-refractivity contribution in [1.82, 2.24) is 15.1 Å². The van der Waals surface area contributed by atoms with E-state index in [4.69, 9.17) is 9.63 Å². The molecule has 0 aliphatic carbocycles. The maximum Gasteiger partial charge on any atom is 0.259 e. The zero-order valence-electron chi connectivity index (χ0n) is 8.29. The minimum Gasteiger partial charge on any atom is -0.393 e. The Morgan fingerprint density at radius 2 is 2.40 bits per heavy atom. The molecule has 1 unspecified atom stereocenters. The van der Waals surface area contributed by atoms with Crippen LogP contribution in [0.5, 0.6) is 0 Å². The Balaban J connectivity index is 2.21. The summed E-state index contributed by atoms with van der Waals surface area (Å²) in [6, 6.07) is 3.64. The van der Waals surface area contributed by atoms with Gasteiger partial charge < -0.3 is 9.63 Å². The largest absolute Gasteiger partial charge is 0.393 e. The van der Waals surface area contributed by atoms with Crippen LogP contribution in [0.3, 0.4) is 0 Å². The molecule has 0 saturated heterocycles. The van der Waals surface area contributed by atoms with Gasteiger partial charge in [0.2, 0.25) is 0 Å². The van der Waals surface area contributed by atoms with Crippen molar-refractivity contribution in [2.24, 2.45) is 0 Å². The van der Waals surface area contributed by atoms with Gasteiger partial charge in [-0.2, -0.15) is 4.98 Å². The summed E-state index contributed by atoms with van der Waals surface area (Å²) in [7, 11) is 0. The van der Waals surface area contributed by atoms with Crippen molar-refractivity contribution in [3.8, 4) is 11.5 Å². The molecule has 2 rings (SSSR count). The van der Waals surface area contributed by atoms with Crippen LogP contribution in [0.2, 0.25) is 0 Å². The quantitative estimate of drug-likeness (QED) is 0.811. The van der Waals surface area contributed by atoms with Crippen molar-refractivity contribution >= 4 is 0 Å². The molecule has 0 aliphatic heterocycles. The van der Waals surface area contributed by atoms with Crippen LogP contribution in [0.25, 0.3) is 11.5 Å². The maximum absolute atomic E-state index is 9.15. The van der Waals surface area contributed by atoms with Gasteiger partial charge in [0.1, 0.15) is 0 Å². The molecular formula is C10H11N3O2. The molecule has 0 aliphatic rings. The number of hydrogen-bond donors (Lipinski definition) is 1. The molecule has 5 nitrogen and oxygen atoms in total. The molecule has 0 amide bonds. The van der Waals surface area contributed by atoms with Gasteiger partial charge in [0.15, 0.2) is 5.82 Å². The molecule has 0 fully saturated rings. The summed E-state index contributed by atoms with van der Waals surface area (Å²) in [6.07, 6.45) is 3.25. The molecule has 1 atom stereocenters. The van der Waals surface area contributed by atoms with E-state index in [-0.39, 0.29) is 0 Å². The molecule has 0 bridgehead atoms. The van der Waals surface area contributed by atoms with Crippen molar-refractivity contribution in [3.63, 3.8) is 0 Å². The molecule has 0 aromatic carbocycles. The number of aliphatic hydroxyl groups excluding tert-OH is 1. The van der Waals surface area contributed by atoms with E-state index in [0.717, 1.165) is 5.56 Å². The standard InChI is InChI=1S/C10H11N3O2/c1-7(14)5-9-12-10(15-13-9)8-3-2-4-11-6-8/h2-4,6-7,14H,5H2,1H3. The SMILES string of the molecule is CC(O)Cc1noc(-c2cccnc2)n1. The van der Waals surface area contributed by atoms with Crippen LogP contribution >= 0.6 is 0 Å². The monoisotopic (exact) mass is 205 g/mol. The van der Waals surface area contributed by atoms with Crippen molar-refractivity contribution in [1.29, 1.82) is 0 Å². The van der Waals surface area contributed by atoms with Crippen LogP contribution in [-0.2, 0) is 6.42 Å². The van der Waals surface area contributed by atoms with E-state index in [1.54, 1.807) is 25.4 Å². The fourth-order valence-electron chi connectivity index (χ4n) is 1.21. The average Bonchev–Trinajstić information content (AvgIpc) is 2.67. The van der Waals surface area contributed by atoms with Crippen LogP contribution < -0.4 is 0 Å². The molecule has 78 valence electrons. The smallest absolute Gasteiger partial charge is 0.259 e. The normalized spacial score (nSPS) is 12.7. The fraction of sp³-hybridized carbons (Fsp3) is 0.300. The third-order valence-electron chi connectivity index (χ3n) is 1.85. The van der Waals surface area contributed by atoms with Crippen molar-refractivity contribution in [2.75, 3.05) is 0 Å². The topological polar surface area (TPSA) is 72.0 Å². The Hall–Kier alpha value is -1.75. The van der Waals surface area contributed by atoms with E-state index in [2.05, 4.69) is 15.1 Å². The summed E-state index contributed by atoms with van der Waals surface area (Å²) in [5.41, 5.74) is 0.779. The highest BCUT2D eigenvalue weighted by Gasteiger charge is 2.10. The summed E-state index contributed by atoms with van der Waals surface area (Å²) >= 11 is 0. The highest BCUT2D eigenvalue weighted by molar-refractivity contribution is 5.50. The molecule has 2 heterocycles. The summed E-state index contributed by atoms with van der Waals surface area (Å²) in [6.45, 7) is 1.68. The molecule has 2 aromatic rings. The third-order valence-corrected chi connectivity index (χ3v) is 1.85. The van der Waals surface area contributed by atoms with Gasteiger partial charge in [-0.3, -0.25) is 4.98 Å². The van der Waals surface area contributed by atoms with Crippen LogP contribution in [0.15, 0.2) is 29.0 Å². The minimum atomic E-state index is -0.468. The first-order valence-corrected chi connectivity index (χ1v) is 4.67. The van der Waals surface area contributed by atoms with E-state index in [9.17, 15) is 0 Å². The average molecular weight is 205 g/mol. The number of aromatic nitrogens is 3. The maximum atomic E-state index is 9.15. The highest BCUT2D eigenvalue weighted by atomic mass is 16.5.